The van der Waals surface area contributed by atoms with E-state index in [1.807, 2.05) is 31.2 Å². The van der Waals surface area contributed by atoms with Gasteiger partial charge in [0.2, 0.25) is 5.91 Å². The highest BCUT2D eigenvalue weighted by atomic mass is 35.5. The van der Waals surface area contributed by atoms with E-state index >= 15 is 0 Å². The summed E-state index contributed by atoms with van der Waals surface area (Å²) >= 11 is 6.23. The summed E-state index contributed by atoms with van der Waals surface area (Å²) in [6.07, 6.45) is 1.22. The largest absolute Gasteiger partial charge is 0.397 e. The molecule has 0 aliphatic carbocycles. The molecule has 2 aromatic rings. The Labute approximate surface area is 128 Å². The molecule has 0 atom stereocenters. The molecule has 1 amide bonds. The lowest BCUT2D eigenvalue weighted by Crippen LogP contribution is -2.19. The van der Waals surface area contributed by atoms with Gasteiger partial charge in [0.25, 0.3) is 0 Å². The fourth-order valence-electron chi connectivity index (χ4n) is 2.42. The van der Waals surface area contributed by atoms with E-state index in [0.29, 0.717) is 17.1 Å². The van der Waals surface area contributed by atoms with Gasteiger partial charge in [-0.05, 0) is 48.7 Å². The number of aryl methyl sites for hydroxylation is 2. The zero-order valence-electron chi connectivity index (χ0n) is 11.7. The predicted molar refractivity (Wildman–Crippen MR) is 87.3 cm³/mol. The van der Waals surface area contributed by atoms with Gasteiger partial charge in [-0.1, -0.05) is 17.7 Å². The molecule has 4 nitrogen and oxygen atoms in total. The maximum absolute atomic E-state index is 11.4. The van der Waals surface area contributed by atoms with Crippen molar-refractivity contribution in [3.8, 4) is 0 Å². The van der Waals surface area contributed by atoms with Crippen LogP contribution in [0.25, 0.3) is 0 Å². The van der Waals surface area contributed by atoms with Gasteiger partial charge in [0.05, 0.1) is 22.1 Å². The minimum absolute atomic E-state index is 0.0317. The van der Waals surface area contributed by atoms with E-state index in [0.717, 1.165) is 34.6 Å². The molecule has 0 aromatic heterocycles. The van der Waals surface area contributed by atoms with Crippen molar-refractivity contribution < 1.29 is 4.79 Å². The van der Waals surface area contributed by atoms with E-state index in [-0.39, 0.29) is 5.91 Å². The van der Waals surface area contributed by atoms with Gasteiger partial charge in [-0.2, -0.15) is 0 Å². The Balaban J connectivity index is 1.94. The van der Waals surface area contributed by atoms with Crippen LogP contribution in [0, 0.1) is 6.92 Å². The van der Waals surface area contributed by atoms with Crippen molar-refractivity contribution in [2.75, 3.05) is 16.4 Å². The number of benzene rings is 2. The highest BCUT2D eigenvalue weighted by Gasteiger charge is 2.17. The van der Waals surface area contributed by atoms with Crippen molar-refractivity contribution in [1.29, 1.82) is 0 Å². The lowest BCUT2D eigenvalue weighted by Gasteiger charge is -2.20. The highest BCUT2D eigenvalue weighted by molar-refractivity contribution is 6.33. The molecule has 0 radical (unpaired) electrons. The van der Waals surface area contributed by atoms with Gasteiger partial charge in [-0.15, -0.1) is 0 Å². The Morgan fingerprint density at radius 3 is 2.76 bits per heavy atom. The summed E-state index contributed by atoms with van der Waals surface area (Å²) in [4.78, 5) is 11.4. The van der Waals surface area contributed by atoms with Crippen LogP contribution in [0.15, 0.2) is 30.3 Å². The molecule has 1 heterocycles. The number of nitrogens with two attached hydrogens (primary N) is 1. The second-order valence-corrected chi connectivity index (χ2v) is 5.66. The molecular weight excluding hydrogens is 286 g/mol. The summed E-state index contributed by atoms with van der Waals surface area (Å²) < 4.78 is 0. The number of halogens is 1. The molecule has 21 heavy (non-hydrogen) atoms. The van der Waals surface area contributed by atoms with Gasteiger partial charge in [0, 0.05) is 12.1 Å². The lowest BCUT2D eigenvalue weighted by atomic mass is 10.0. The lowest BCUT2D eigenvalue weighted by molar-refractivity contribution is -0.116. The van der Waals surface area contributed by atoms with E-state index in [4.69, 9.17) is 17.3 Å². The van der Waals surface area contributed by atoms with Crippen LogP contribution in [0.3, 0.4) is 0 Å². The van der Waals surface area contributed by atoms with Crippen molar-refractivity contribution in [3.63, 3.8) is 0 Å². The Hall–Kier alpha value is -2.20. The summed E-state index contributed by atoms with van der Waals surface area (Å²) in [5.74, 6) is 0.0317. The molecule has 0 saturated heterocycles. The van der Waals surface area contributed by atoms with Gasteiger partial charge in [-0.25, -0.2) is 0 Å². The molecule has 108 valence electrons. The number of carbonyl (C=O) groups is 1. The normalized spacial score (nSPS) is 13.5. The maximum Gasteiger partial charge on any atom is 0.224 e. The average Bonchev–Trinajstić information content (AvgIpc) is 2.42. The van der Waals surface area contributed by atoms with Gasteiger partial charge in [0.15, 0.2) is 0 Å². The molecule has 4 N–H and O–H groups in total. The standard InChI is InChI=1S/C16H16ClN3O/c1-9-2-4-13(11(17)6-9)19-15-7-10-3-5-16(21)20-14(10)8-12(15)18/h2,4,6-8,19H,3,5,18H2,1H3,(H,20,21). The summed E-state index contributed by atoms with van der Waals surface area (Å²) in [5.41, 5.74) is 11.2. The second-order valence-electron chi connectivity index (χ2n) is 5.25. The average molecular weight is 302 g/mol. The Morgan fingerprint density at radius 2 is 2.00 bits per heavy atom. The minimum atomic E-state index is 0.0317. The summed E-state index contributed by atoms with van der Waals surface area (Å²) in [5, 5.41) is 6.75. The number of rotatable bonds is 2. The zero-order valence-corrected chi connectivity index (χ0v) is 12.4. The molecule has 2 aromatic carbocycles. The topological polar surface area (TPSA) is 67.2 Å². The smallest absolute Gasteiger partial charge is 0.224 e. The number of nitrogen functional groups attached to an aromatic ring is 1. The van der Waals surface area contributed by atoms with E-state index < -0.39 is 0 Å². The van der Waals surface area contributed by atoms with E-state index in [2.05, 4.69) is 10.6 Å². The number of hydrogen-bond acceptors (Lipinski definition) is 3. The summed E-state index contributed by atoms with van der Waals surface area (Å²) in [7, 11) is 0. The number of anilines is 4. The van der Waals surface area contributed by atoms with E-state index in [9.17, 15) is 4.79 Å². The minimum Gasteiger partial charge on any atom is -0.397 e. The fourth-order valence-corrected chi connectivity index (χ4v) is 2.70. The molecule has 5 heteroatoms. The molecule has 1 aliphatic rings. The number of carbonyl (C=O) groups excluding carboxylic acids is 1. The number of nitrogens with one attached hydrogen (secondary N) is 2. The van der Waals surface area contributed by atoms with Crippen LogP contribution in [-0.4, -0.2) is 5.91 Å². The van der Waals surface area contributed by atoms with Crippen molar-refractivity contribution in [3.05, 3.63) is 46.5 Å². The Kier molecular flexibility index (Phi) is 3.47. The molecule has 0 unspecified atom stereocenters. The van der Waals surface area contributed by atoms with Crippen LogP contribution in [-0.2, 0) is 11.2 Å². The fraction of sp³-hybridized carbons (Fsp3) is 0.188. The Bertz CT molecular complexity index is 728. The van der Waals surface area contributed by atoms with Crippen molar-refractivity contribution in [2.24, 2.45) is 0 Å². The summed E-state index contributed by atoms with van der Waals surface area (Å²) in [6, 6.07) is 9.58. The number of amides is 1. The molecule has 0 bridgehead atoms. The third-order valence-electron chi connectivity index (χ3n) is 3.56. The summed E-state index contributed by atoms with van der Waals surface area (Å²) in [6.45, 7) is 1.99. The van der Waals surface area contributed by atoms with Crippen LogP contribution in [0.2, 0.25) is 5.02 Å². The molecule has 0 saturated carbocycles. The Morgan fingerprint density at radius 1 is 1.19 bits per heavy atom. The van der Waals surface area contributed by atoms with Gasteiger partial charge in [-0.3, -0.25) is 4.79 Å². The predicted octanol–water partition coefficient (Wildman–Crippen LogP) is 3.86. The van der Waals surface area contributed by atoms with E-state index in [1.165, 1.54) is 0 Å². The first kappa shape index (κ1) is 13.8. The van der Waals surface area contributed by atoms with Crippen molar-refractivity contribution in [1.82, 2.24) is 0 Å². The van der Waals surface area contributed by atoms with Crippen molar-refractivity contribution in [2.45, 2.75) is 19.8 Å². The third kappa shape index (κ3) is 2.81. The quantitative estimate of drug-likeness (QED) is 0.738. The first-order valence-electron chi connectivity index (χ1n) is 6.78. The highest BCUT2D eigenvalue weighted by Crippen LogP contribution is 2.34. The molecule has 3 rings (SSSR count). The van der Waals surface area contributed by atoms with Crippen LogP contribution in [0.5, 0.6) is 0 Å². The van der Waals surface area contributed by atoms with Gasteiger partial charge < -0.3 is 16.4 Å². The van der Waals surface area contributed by atoms with Crippen LogP contribution in [0.4, 0.5) is 22.7 Å². The van der Waals surface area contributed by atoms with Crippen LogP contribution < -0.4 is 16.4 Å². The molecule has 0 fully saturated rings. The molecule has 0 spiro atoms. The first-order valence-corrected chi connectivity index (χ1v) is 7.16. The van der Waals surface area contributed by atoms with Crippen molar-refractivity contribution >= 4 is 40.3 Å². The van der Waals surface area contributed by atoms with Gasteiger partial charge in [0.1, 0.15) is 0 Å². The molecule has 1 aliphatic heterocycles. The monoisotopic (exact) mass is 301 g/mol. The number of hydrogen-bond donors (Lipinski definition) is 3. The van der Waals surface area contributed by atoms with Crippen LogP contribution >= 0.6 is 11.6 Å². The van der Waals surface area contributed by atoms with Gasteiger partial charge >= 0.3 is 0 Å². The second kappa shape index (κ2) is 5.30. The third-order valence-corrected chi connectivity index (χ3v) is 3.88. The first-order chi connectivity index (χ1) is 10.0. The van der Waals surface area contributed by atoms with Crippen LogP contribution in [0.1, 0.15) is 17.5 Å². The zero-order chi connectivity index (χ0) is 15.0. The maximum atomic E-state index is 11.4. The SMILES string of the molecule is Cc1ccc(Nc2cc3c(cc2N)NC(=O)CC3)c(Cl)c1. The molecular formula is C16H16ClN3O. The number of fused-ring (bicyclic) bond motifs is 1. The van der Waals surface area contributed by atoms with E-state index in [1.54, 1.807) is 6.07 Å².